The molecule has 6 aromatic rings. The molecule has 8 nitrogen and oxygen atoms in total. The fraction of sp³-hybridized carbons (Fsp3) is 0.474. The summed E-state index contributed by atoms with van der Waals surface area (Å²) in [4.78, 5) is 29.5. The predicted octanol–water partition coefficient (Wildman–Crippen LogP) is 8.63. The van der Waals surface area contributed by atoms with Crippen LogP contribution in [0.4, 0.5) is 0 Å². The van der Waals surface area contributed by atoms with Gasteiger partial charge in [-0.1, -0.05) is 41.5 Å². The zero-order valence-electron chi connectivity index (χ0n) is 28.9. The molecule has 8 rings (SSSR count). The van der Waals surface area contributed by atoms with E-state index in [1.807, 2.05) is 6.20 Å². The zero-order chi connectivity index (χ0) is 33.8. The molecule has 0 aromatic carbocycles. The van der Waals surface area contributed by atoms with Crippen molar-refractivity contribution in [2.45, 2.75) is 93.2 Å². The second kappa shape index (κ2) is 12.8. The Morgan fingerprint density at radius 1 is 0.729 bits per heavy atom. The van der Waals surface area contributed by atoms with Gasteiger partial charge in [0.25, 0.3) is 0 Å². The van der Waals surface area contributed by atoms with Gasteiger partial charge in [-0.2, -0.15) is 0 Å². The topological polar surface area (TPSA) is 129 Å². The number of aromatic amines is 2. The van der Waals surface area contributed by atoms with E-state index in [-0.39, 0.29) is 6.61 Å². The fourth-order valence-electron chi connectivity index (χ4n) is 7.11. The van der Waals surface area contributed by atoms with Crippen LogP contribution in [0.2, 0.25) is 0 Å². The minimum atomic E-state index is -0.0152. The minimum Gasteiger partial charge on any atom is -0.390 e. The number of aliphatic hydroxyl groups excluding tert-OH is 1. The highest BCUT2D eigenvalue weighted by molar-refractivity contribution is 7.22. The van der Waals surface area contributed by atoms with E-state index in [1.54, 1.807) is 28.9 Å². The first kappa shape index (κ1) is 33.1. The van der Waals surface area contributed by atoms with Gasteiger partial charge < -0.3 is 20.8 Å². The maximum Gasteiger partial charge on any atom is 0.147 e. The molecule has 0 aliphatic heterocycles. The maximum absolute atomic E-state index is 9.19. The molecule has 252 valence electrons. The molecule has 5 N–H and O–H groups in total. The van der Waals surface area contributed by atoms with Crippen molar-refractivity contribution >= 4 is 43.1 Å². The van der Waals surface area contributed by atoms with Crippen molar-refractivity contribution in [2.24, 2.45) is 28.4 Å². The summed E-state index contributed by atoms with van der Waals surface area (Å²) in [5, 5.41) is 11.6. The predicted molar refractivity (Wildman–Crippen MR) is 198 cm³/mol. The van der Waals surface area contributed by atoms with E-state index in [9.17, 15) is 5.11 Å². The number of aromatic nitrogens is 6. The summed E-state index contributed by atoms with van der Waals surface area (Å²) in [6.07, 6.45) is 10.4. The number of rotatable bonds is 4. The van der Waals surface area contributed by atoms with Gasteiger partial charge in [-0.05, 0) is 96.6 Å². The van der Waals surface area contributed by atoms with Gasteiger partial charge in [0.15, 0.2) is 0 Å². The number of aryl methyl sites for hydroxylation is 2. The maximum atomic E-state index is 9.19. The number of hydrogen-bond acceptors (Lipinski definition) is 8. The van der Waals surface area contributed by atoms with Crippen LogP contribution >= 0.6 is 22.7 Å². The highest BCUT2D eigenvalue weighted by Gasteiger charge is 2.31. The highest BCUT2D eigenvalue weighted by atomic mass is 32.1. The molecule has 6 heterocycles. The lowest BCUT2D eigenvalue weighted by Gasteiger charge is -2.34. The number of aliphatic hydroxyl groups is 1. The normalized spacial score (nSPS) is 18.1. The molecule has 0 amide bonds. The fourth-order valence-corrected chi connectivity index (χ4v) is 9.08. The van der Waals surface area contributed by atoms with Crippen molar-refractivity contribution in [3.8, 4) is 21.4 Å². The summed E-state index contributed by atoms with van der Waals surface area (Å²) in [7, 11) is 0. The molecule has 0 spiro atoms. The van der Waals surface area contributed by atoms with Gasteiger partial charge >= 0.3 is 0 Å². The number of H-pyrrole nitrogens is 2. The molecule has 0 fully saturated rings. The van der Waals surface area contributed by atoms with Crippen molar-refractivity contribution < 1.29 is 5.11 Å². The van der Waals surface area contributed by atoms with Gasteiger partial charge in [-0.25, -0.2) is 19.9 Å². The average Bonchev–Trinajstić information content (AvgIpc) is 3.86. The van der Waals surface area contributed by atoms with E-state index < -0.39 is 0 Å². The number of nitrogens with two attached hydrogens (primary N) is 1. The molecule has 0 saturated heterocycles. The van der Waals surface area contributed by atoms with E-state index in [2.05, 4.69) is 85.7 Å². The van der Waals surface area contributed by atoms with Crippen molar-refractivity contribution in [3.63, 3.8) is 0 Å². The summed E-state index contributed by atoms with van der Waals surface area (Å²) in [5.74, 6) is 3.16. The van der Waals surface area contributed by atoms with E-state index in [4.69, 9.17) is 15.7 Å². The van der Waals surface area contributed by atoms with Crippen molar-refractivity contribution in [2.75, 3.05) is 0 Å². The van der Waals surface area contributed by atoms with Gasteiger partial charge in [-0.3, -0.25) is 0 Å². The van der Waals surface area contributed by atoms with Crippen LogP contribution in [-0.4, -0.2) is 35.0 Å². The molecule has 0 radical (unpaired) electrons. The van der Waals surface area contributed by atoms with E-state index in [0.29, 0.717) is 17.4 Å². The number of thiophene rings is 2. The second-order valence-electron chi connectivity index (χ2n) is 15.7. The average molecular weight is 682 g/mol. The Morgan fingerprint density at radius 3 is 1.58 bits per heavy atom. The van der Waals surface area contributed by atoms with Gasteiger partial charge in [0.05, 0.1) is 28.3 Å². The highest BCUT2D eigenvalue weighted by Crippen LogP contribution is 2.41. The quantitative estimate of drug-likeness (QED) is 0.147. The summed E-state index contributed by atoms with van der Waals surface area (Å²) < 4.78 is 0. The molecule has 2 unspecified atom stereocenters. The van der Waals surface area contributed by atoms with Gasteiger partial charge in [-0.15, -0.1) is 22.7 Å². The number of nitrogens with zero attached hydrogens (tertiary/aromatic N) is 4. The molecule has 2 atom stereocenters. The number of hydrogen-bond donors (Lipinski definition) is 4. The lowest BCUT2D eigenvalue weighted by Crippen LogP contribution is -2.27. The van der Waals surface area contributed by atoms with E-state index in [0.717, 1.165) is 80.0 Å². The Labute approximate surface area is 290 Å². The Balaban J connectivity index is 0.000000152. The van der Waals surface area contributed by atoms with E-state index in [1.165, 1.54) is 46.1 Å². The molecule has 2 aliphatic rings. The van der Waals surface area contributed by atoms with Crippen LogP contribution in [0.25, 0.3) is 41.8 Å². The summed E-state index contributed by atoms with van der Waals surface area (Å²) in [5.41, 5.74) is 13.5. The standard InChI is InChI=1S/C19H24N4S.C19H23N3OS/c1-19(2,3)13-4-5-15-11(7-13)6-12-8-16(24-18(12)23-15)17-21-10-14(9-20)22-17;1-19(2,3)13-4-5-15-11(7-13)6-12-8-16(24-18(12)22-15)17-20-9-14(10-23)21-17/h6,8,10,13H,4-5,7,9,20H2,1-3H3,(H,21,22);6,8-9,13,23H,4-5,7,10H2,1-3H3,(H,20,21). The molecular formula is C38H47N7OS2. The third-order valence-electron chi connectivity index (χ3n) is 10.3. The first-order valence-electron chi connectivity index (χ1n) is 17.1. The van der Waals surface area contributed by atoms with Crippen LogP contribution in [0.15, 0.2) is 36.7 Å². The van der Waals surface area contributed by atoms with Crippen molar-refractivity contribution in [3.05, 3.63) is 70.6 Å². The lowest BCUT2D eigenvalue weighted by atomic mass is 9.71. The lowest BCUT2D eigenvalue weighted by molar-refractivity contribution is 0.215. The minimum absolute atomic E-state index is 0.0152. The smallest absolute Gasteiger partial charge is 0.147 e. The van der Waals surface area contributed by atoms with Crippen molar-refractivity contribution in [1.29, 1.82) is 0 Å². The first-order chi connectivity index (χ1) is 22.9. The van der Waals surface area contributed by atoms with Crippen LogP contribution in [-0.2, 0) is 38.8 Å². The molecule has 2 aliphatic carbocycles. The second-order valence-corrected chi connectivity index (χ2v) is 17.7. The summed E-state index contributed by atoms with van der Waals surface area (Å²) in [6.45, 7) is 14.5. The third-order valence-corrected chi connectivity index (χ3v) is 12.4. The molecule has 0 saturated carbocycles. The largest absolute Gasteiger partial charge is 0.390 e. The van der Waals surface area contributed by atoms with Crippen LogP contribution in [0, 0.1) is 22.7 Å². The first-order valence-corrected chi connectivity index (χ1v) is 18.8. The Morgan fingerprint density at radius 2 is 1.19 bits per heavy atom. The zero-order valence-corrected chi connectivity index (χ0v) is 30.5. The number of fused-ring (bicyclic) bond motifs is 4. The number of pyridine rings is 2. The number of nitrogens with one attached hydrogen (secondary N) is 2. The molecule has 48 heavy (non-hydrogen) atoms. The molecular weight excluding hydrogens is 635 g/mol. The Kier molecular flexibility index (Phi) is 8.81. The third kappa shape index (κ3) is 6.72. The van der Waals surface area contributed by atoms with Crippen LogP contribution in [0.1, 0.15) is 88.3 Å². The molecule has 6 aromatic heterocycles. The summed E-state index contributed by atoms with van der Waals surface area (Å²) in [6, 6.07) is 9.04. The molecule has 10 heteroatoms. The van der Waals surface area contributed by atoms with Gasteiger partial charge in [0.1, 0.15) is 21.3 Å². The summed E-state index contributed by atoms with van der Waals surface area (Å²) >= 11 is 3.37. The van der Waals surface area contributed by atoms with Crippen LogP contribution < -0.4 is 5.73 Å². The van der Waals surface area contributed by atoms with Crippen LogP contribution in [0.5, 0.6) is 0 Å². The van der Waals surface area contributed by atoms with Crippen LogP contribution in [0.3, 0.4) is 0 Å². The van der Waals surface area contributed by atoms with Gasteiger partial charge in [0.2, 0.25) is 0 Å². The van der Waals surface area contributed by atoms with Crippen molar-refractivity contribution in [1.82, 2.24) is 29.9 Å². The van der Waals surface area contributed by atoms with Gasteiger partial charge in [0, 0.05) is 40.6 Å². The monoisotopic (exact) mass is 681 g/mol. The SMILES string of the molecule is CC(C)(C)C1CCc2nc3sc(-c4ncc(CN)[nH]4)cc3cc2C1.CC(C)(C)C1CCc2nc3sc(-c4ncc(CO)[nH]4)cc3cc2C1. The Hall–Kier alpha value is -3.44. The van der Waals surface area contributed by atoms with E-state index >= 15 is 0 Å². The Bertz CT molecular complexity index is 1920. The number of imidazole rings is 2. The molecule has 0 bridgehead atoms.